The van der Waals surface area contributed by atoms with E-state index >= 15 is 0 Å². The van der Waals surface area contributed by atoms with Crippen molar-refractivity contribution in [2.75, 3.05) is 26.5 Å². The number of carbonyl (C=O) groups is 1. The molecule has 186 valence electrons. The van der Waals surface area contributed by atoms with E-state index in [0.717, 1.165) is 0 Å². The normalized spacial score (nSPS) is 17.1. The molecule has 0 unspecified atom stereocenters. The summed E-state index contributed by atoms with van der Waals surface area (Å²) < 4.78 is 59.2. The fraction of sp³-hybridized carbons (Fsp3) is 0.400. The van der Waals surface area contributed by atoms with Crippen LogP contribution in [0.25, 0.3) is 11.1 Å². The van der Waals surface area contributed by atoms with Gasteiger partial charge in [-0.3, -0.25) is 19.7 Å². The number of hydrazine groups is 1. The second kappa shape index (κ2) is 10.9. The number of phosphoric ester groups is 1. The van der Waals surface area contributed by atoms with E-state index in [-0.39, 0.29) is 13.2 Å². The van der Waals surface area contributed by atoms with Crippen molar-refractivity contribution < 1.29 is 46.7 Å². The predicted octanol–water partition coefficient (Wildman–Crippen LogP) is 1.38. The van der Waals surface area contributed by atoms with Gasteiger partial charge < -0.3 is 19.6 Å². The Kier molecular flexibility index (Phi) is 8.42. The average molecular weight is 505 g/mol. The van der Waals surface area contributed by atoms with Crippen LogP contribution >= 0.6 is 7.82 Å². The topological polar surface area (TPSA) is 150 Å². The molecule has 10 nitrogen and oxygen atoms in total. The zero-order valence-electron chi connectivity index (χ0n) is 17.6. The third-order valence-electron chi connectivity index (χ3n) is 5.25. The predicted molar refractivity (Wildman–Crippen MR) is 112 cm³/mol. The Bertz CT molecular complexity index is 1020. The highest BCUT2D eigenvalue weighted by molar-refractivity contribution is 7.46. The number of benzene rings is 1. The number of pyridine rings is 1. The summed E-state index contributed by atoms with van der Waals surface area (Å²) in [4.78, 5) is 33.4. The molecule has 1 aromatic heterocycles. The maximum Gasteiger partial charge on any atom is 0.469 e. The third-order valence-corrected chi connectivity index (χ3v) is 5.73. The Labute approximate surface area is 192 Å². The number of hydrogen-bond acceptors (Lipinski definition) is 7. The van der Waals surface area contributed by atoms with Gasteiger partial charge in [-0.25, -0.2) is 14.4 Å². The molecule has 0 radical (unpaired) electrons. The van der Waals surface area contributed by atoms with Crippen molar-refractivity contribution in [3.63, 3.8) is 0 Å². The number of rotatable bonds is 11. The van der Waals surface area contributed by atoms with Gasteiger partial charge in [-0.15, -0.1) is 0 Å². The van der Waals surface area contributed by atoms with Crippen LogP contribution in [0.2, 0.25) is 0 Å². The van der Waals surface area contributed by atoms with E-state index < -0.39 is 51.0 Å². The first-order chi connectivity index (χ1) is 16.0. The van der Waals surface area contributed by atoms with Gasteiger partial charge in [-0.05, 0) is 17.2 Å². The minimum absolute atomic E-state index is 0.160. The molecular weight excluding hydrogens is 482 g/mol. The molecule has 0 spiro atoms. The fourth-order valence-corrected chi connectivity index (χ4v) is 3.65. The maximum atomic E-state index is 13.7. The molecule has 2 aromatic rings. The Morgan fingerprint density at radius 3 is 2.29 bits per heavy atom. The van der Waals surface area contributed by atoms with Crippen molar-refractivity contribution in [1.82, 2.24) is 15.8 Å². The number of nitrogens with zero attached hydrogens (tertiary/aromatic N) is 1. The Hall–Kier alpha value is -2.38. The number of carbonyl (C=O) groups excluding carboxylic acids is 1. The van der Waals surface area contributed by atoms with Crippen LogP contribution in [0.5, 0.6) is 0 Å². The number of hydrogen-bond donors (Lipinski definition) is 5. The summed E-state index contributed by atoms with van der Waals surface area (Å²) >= 11 is 0. The molecule has 0 bridgehead atoms. The van der Waals surface area contributed by atoms with Crippen molar-refractivity contribution in [2.45, 2.75) is 24.0 Å². The first kappa shape index (κ1) is 26.2. The highest BCUT2D eigenvalue weighted by Gasteiger charge is 2.39. The van der Waals surface area contributed by atoms with E-state index in [1.54, 1.807) is 48.0 Å². The van der Waals surface area contributed by atoms with Gasteiger partial charge in [-0.2, -0.15) is 8.78 Å². The van der Waals surface area contributed by atoms with Gasteiger partial charge in [0.2, 0.25) is 0 Å². The van der Waals surface area contributed by atoms with Crippen LogP contribution in [-0.2, 0) is 24.2 Å². The number of phosphoric acid groups is 1. The molecule has 0 aliphatic carbocycles. The summed E-state index contributed by atoms with van der Waals surface area (Å²) in [6, 6.07) is 8.46. The van der Waals surface area contributed by atoms with Crippen molar-refractivity contribution in [3.05, 3.63) is 53.9 Å². The average Bonchev–Trinajstić information content (AvgIpc) is 2.79. The van der Waals surface area contributed by atoms with Gasteiger partial charge in [0, 0.05) is 17.7 Å². The molecule has 1 amide bonds. The van der Waals surface area contributed by atoms with Gasteiger partial charge in [0.15, 0.2) is 5.60 Å². The quantitative estimate of drug-likeness (QED) is 0.225. The van der Waals surface area contributed by atoms with Crippen LogP contribution in [0.4, 0.5) is 13.2 Å². The lowest BCUT2D eigenvalue weighted by molar-refractivity contribution is -0.186. The summed E-state index contributed by atoms with van der Waals surface area (Å²) in [6.45, 7) is -1.51. The maximum absolute atomic E-state index is 13.7. The highest BCUT2D eigenvalue weighted by atomic mass is 31.2. The SMILES string of the molecule is O=C(NN[C@H](CF)[C@H](COP(=O)(O)O)c1ccc(-c2ccc(C3(O)COC3)nc2)cc1)C(F)F. The summed E-state index contributed by atoms with van der Waals surface area (Å²) in [6.07, 6.45) is -1.78. The minimum atomic E-state index is -4.91. The van der Waals surface area contributed by atoms with Crippen molar-refractivity contribution in [2.24, 2.45) is 0 Å². The smallest absolute Gasteiger partial charge is 0.379 e. The summed E-state index contributed by atoms with van der Waals surface area (Å²) in [7, 11) is -4.91. The zero-order chi connectivity index (χ0) is 24.9. The molecule has 3 rings (SSSR count). The van der Waals surface area contributed by atoms with Gasteiger partial charge in [0.1, 0.15) is 6.67 Å². The number of alkyl halides is 3. The molecule has 34 heavy (non-hydrogen) atoms. The van der Waals surface area contributed by atoms with Gasteiger partial charge in [0.05, 0.1) is 31.6 Å². The van der Waals surface area contributed by atoms with Gasteiger partial charge >= 0.3 is 20.2 Å². The van der Waals surface area contributed by atoms with Crippen LogP contribution in [0.15, 0.2) is 42.6 Å². The number of nitrogens with one attached hydrogen (secondary N) is 2. The number of amides is 1. The van der Waals surface area contributed by atoms with E-state index in [1.807, 2.05) is 0 Å². The largest absolute Gasteiger partial charge is 0.469 e. The van der Waals surface area contributed by atoms with Crippen LogP contribution in [0, 0.1) is 0 Å². The lowest BCUT2D eigenvalue weighted by Gasteiger charge is -2.35. The van der Waals surface area contributed by atoms with Crippen LogP contribution in [-0.4, -0.2) is 64.7 Å². The number of aliphatic hydroxyl groups is 1. The number of ether oxygens (including phenoxy) is 1. The Morgan fingerprint density at radius 2 is 1.82 bits per heavy atom. The standard InChI is InChI=1S/C20H23F3N3O7P/c21-7-16(25-26-19(27)18(22)23)15(9-33-34(29,30)31)13-3-1-12(2-4-13)14-5-6-17(24-8-14)20(28)10-32-11-20/h1-6,8,15-16,18,25,28H,7,9-11H2,(H,26,27)(H2,29,30,31)/t15-,16-/m1/s1. The Balaban J connectivity index is 1.78. The van der Waals surface area contributed by atoms with E-state index in [2.05, 4.69) is 14.9 Å². The summed E-state index contributed by atoms with van der Waals surface area (Å²) in [5.41, 5.74) is 4.94. The molecule has 2 atom stereocenters. The highest BCUT2D eigenvalue weighted by Crippen LogP contribution is 2.38. The molecule has 1 fully saturated rings. The van der Waals surface area contributed by atoms with Crippen LogP contribution < -0.4 is 10.9 Å². The summed E-state index contributed by atoms with van der Waals surface area (Å²) in [5, 5.41) is 10.3. The molecule has 14 heteroatoms. The van der Waals surface area contributed by atoms with Crippen molar-refractivity contribution in [1.29, 1.82) is 0 Å². The number of halogens is 3. The van der Waals surface area contributed by atoms with E-state index in [9.17, 15) is 27.6 Å². The van der Waals surface area contributed by atoms with Crippen LogP contribution in [0.3, 0.4) is 0 Å². The minimum Gasteiger partial charge on any atom is -0.379 e. The molecule has 2 heterocycles. The molecule has 1 aliphatic heterocycles. The second-order valence-electron chi connectivity index (χ2n) is 7.67. The van der Waals surface area contributed by atoms with Crippen molar-refractivity contribution in [3.8, 4) is 11.1 Å². The second-order valence-corrected chi connectivity index (χ2v) is 8.91. The first-order valence-electron chi connectivity index (χ1n) is 9.99. The lowest BCUT2D eigenvalue weighted by atomic mass is 9.91. The van der Waals surface area contributed by atoms with E-state index in [4.69, 9.17) is 14.5 Å². The third kappa shape index (κ3) is 6.60. The van der Waals surface area contributed by atoms with Crippen molar-refractivity contribution >= 4 is 13.7 Å². The van der Waals surface area contributed by atoms with E-state index in [0.29, 0.717) is 22.4 Å². The van der Waals surface area contributed by atoms with Crippen LogP contribution in [0.1, 0.15) is 17.2 Å². The molecular formula is C20H23F3N3O7P. The first-order valence-corrected chi connectivity index (χ1v) is 11.5. The molecule has 1 aliphatic rings. The fourth-order valence-electron chi connectivity index (χ4n) is 3.29. The lowest BCUT2D eigenvalue weighted by Crippen LogP contribution is -2.50. The molecule has 0 saturated carbocycles. The number of aromatic nitrogens is 1. The van der Waals surface area contributed by atoms with Gasteiger partial charge in [-0.1, -0.05) is 30.3 Å². The summed E-state index contributed by atoms with van der Waals surface area (Å²) in [5.74, 6) is -2.74. The zero-order valence-corrected chi connectivity index (χ0v) is 18.5. The van der Waals surface area contributed by atoms with E-state index in [1.165, 1.54) is 0 Å². The molecule has 1 saturated heterocycles. The molecule has 1 aromatic carbocycles. The monoisotopic (exact) mass is 505 g/mol. The Morgan fingerprint density at radius 1 is 1.18 bits per heavy atom. The molecule has 5 N–H and O–H groups in total. The van der Waals surface area contributed by atoms with Gasteiger partial charge in [0.25, 0.3) is 0 Å².